The molecule has 1 aliphatic heterocycles. The van der Waals surface area contributed by atoms with E-state index in [1.807, 2.05) is 42.7 Å². The summed E-state index contributed by atoms with van der Waals surface area (Å²) in [4.78, 5) is 9.95. The van der Waals surface area contributed by atoms with Gasteiger partial charge in [-0.2, -0.15) is 0 Å². The number of aliphatic imine (C=N–C) groups is 1. The van der Waals surface area contributed by atoms with E-state index in [0.717, 1.165) is 21.2 Å². The quantitative estimate of drug-likeness (QED) is 0.571. The highest BCUT2D eigenvalue weighted by Gasteiger charge is 2.10. The zero-order valence-corrected chi connectivity index (χ0v) is 8.74. The molecule has 0 radical (unpaired) electrons. The van der Waals surface area contributed by atoms with E-state index in [1.165, 1.54) is 0 Å². The molecule has 3 rings (SSSR count). The molecule has 72 valence electrons. The van der Waals surface area contributed by atoms with Crippen molar-refractivity contribution in [2.24, 2.45) is 4.99 Å². The molecule has 1 aromatic carbocycles. The Bertz CT molecular complexity index is 487. The molecule has 15 heavy (non-hydrogen) atoms. The summed E-state index contributed by atoms with van der Waals surface area (Å²) in [5.41, 5.74) is 2.10. The van der Waals surface area contributed by atoms with Gasteiger partial charge in [0.05, 0.1) is 5.69 Å². The maximum Gasteiger partial charge on any atom is 0.110 e. The van der Waals surface area contributed by atoms with Gasteiger partial charge in [-0.05, 0) is 24.3 Å². The molecule has 0 atom stereocenters. The molecule has 2 heterocycles. The van der Waals surface area contributed by atoms with E-state index in [4.69, 9.17) is 0 Å². The molecule has 3 heteroatoms. The first-order valence-corrected chi connectivity index (χ1v) is 5.51. The minimum absolute atomic E-state index is 1.01. The van der Waals surface area contributed by atoms with Crippen LogP contribution < -0.4 is 0 Å². The molecular weight excluding hydrogens is 204 g/mol. The second kappa shape index (κ2) is 3.51. The first-order chi connectivity index (χ1) is 7.43. The van der Waals surface area contributed by atoms with Crippen molar-refractivity contribution in [3.63, 3.8) is 0 Å². The van der Waals surface area contributed by atoms with Crippen LogP contribution in [-0.2, 0) is 0 Å². The van der Waals surface area contributed by atoms with E-state index in [9.17, 15) is 0 Å². The van der Waals surface area contributed by atoms with Gasteiger partial charge in [0.25, 0.3) is 0 Å². The number of pyridine rings is 1. The van der Waals surface area contributed by atoms with Gasteiger partial charge in [-0.15, -0.1) is 0 Å². The van der Waals surface area contributed by atoms with Crippen LogP contribution in [0.25, 0.3) is 0 Å². The van der Waals surface area contributed by atoms with Crippen LogP contribution in [0.1, 0.15) is 5.56 Å². The summed E-state index contributed by atoms with van der Waals surface area (Å²) in [6.07, 6.45) is 3.69. The summed E-state index contributed by atoms with van der Waals surface area (Å²) < 4.78 is 0. The van der Waals surface area contributed by atoms with Gasteiger partial charge < -0.3 is 0 Å². The molecule has 0 spiro atoms. The van der Waals surface area contributed by atoms with Crippen LogP contribution in [0, 0.1) is 0 Å². The molecule has 0 aliphatic carbocycles. The SMILES string of the molecule is C1=Nc2ccccc2Sc2ncccc21. The summed E-state index contributed by atoms with van der Waals surface area (Å²) in [7, 11) is 0. The van der Waals surface area contributed by atoms with Crippen molar-refractivity contribution < 1.29 is 0 Å². The lowest BCUT2D eigenvalue weighted by Crippen LogP contribution is -1.86. The first-order valence-electron chi connectivity index (χ1n) is 4.69. The molecule has 1 aromatic heterocycles. The Balaban J connectivity index is 2.19. The third-order valence-electron chi connectivity index (χ3n) is 2.22. The van der Waals surface area contributed by atoms with Crippen LogP contribution in [0.4, 0.5) is 5.69 Å². The summed E-state index contributed by atoms with van der Waals surface area (Å²) in [6.45, 7) is 0. The van der Waals surface area contributed by atoms with E-state index in [2.05, 4.69) is 16.0 Å². The standard InChI is InChI=1S/C12H8N2S/c1-2-6-11-10(5-1)14-8-9-4-3-7-13-12(9)15-11/h1-8H. The van der Waals surface area contributed by atoms with E-state index in [1.54, 1.807) is 11.8 Å². The Morgan fingerprint density at radius 2 is 1.93 bits per heavy atom. The maximum atomic E-state index is 4.44. The maximum absolute atomic E-state index is 4.44. The molecule has 0 N–H and O–H groups in total. The Morgan fingerprint density at radius 3 is 2.93 bits per heavy atom. The Morgan fingerprint density at radius 1 is 1.00 bits per heavy atom. The van der Waals surface area contributed by atoms with Gasteiger partial charge in [0, 0.05) is 22.9 Å². The molecular formula is C12H8N2S. The third kappa shape index (κ3) is 1.55. The van der Waals surface area contributed by atoms with E-state index >= 15 is 0 Å². The normalized spacial score (nSPS) is 12.8. The number of rotatable bonds is 0. The van der Waals surface area contributed by atoms with Crippen LogP contribution >= 0.6 is 11.8 Å². The number of fused-ring (bicyclic) bond motifs is 2. The minimum Gasteiger partial charge on any atom is -0.255 e. The van der Waals surface area contributed by atoms with Crippen LogP contribution in [0.2, 0.25) is 0 Å². The molecule has 0 saturated heterocycles. The van der Waals surface area contributed by atoms with Gasteiger partial charge in [-0.25, -0.2) is 4.98 Å². The number of aromatic nitrogens is 1. The summed E-state index contributed by atoms with van der Waals surface area (Å²) in [5.74, 6) is 0. The molecule has 0 saturated carbocycles. The third-order valence-corrected chi connectivity index (χ3v) is 3.31. The number of hydrogen-bond acceptors (Lipinski definition) is 3. The molecule has 0 bridgehead atoms. The smallest absolute Gasteiger partial charge is 0.110 e. The van der Waals surface area contributed by atoms with E-state index in [0.29, 0.717) is 0 Å². The zero-order chi connectivity index (χ0) is 10.1. The van der Waals surface area contributed by atoms with Crippen molar-refractivity contribution in [2.45, 2.75) is 9.92 Å². The average molecular weight is 212 g/mol. The zero-order valence-electron chi connectivity index (χ0n) is 7.92. The monoisotopic (exact) mass is 212 g/mol. The highest BCUT2D eigenvalue weighted by molar-refractivity contribution is 7.99. The van der Waals surface area contributed by atoms with Crippen molar-refractivity contribution >= 4 is 23.7 Å². The fraction of sp³-hybridized carbons (Fsp3) is 0. The largest absolute Gasteiger partial charge is 0.255 e. The van der Waals surface area contributed by atoms with Crippen molar-refractivity contribution in [2.75, 3.05) is 0 Å². The van der Waals surface area contributed by atoms with Gasteiger partial charge in [0.2, 0.25) is 0 Å². The van der Waals surface area contributed by atoms with Gasteiger partial charge in [0.1, 0.15) is 5.03 Å². The van der Waals surface area contributed by atoms with Gasteiger partial charge >= 0.3 is 0 Å². The predicted octanol–water partition coefficient (Wildman–Crippen LogP) is 3.30. The van der Waals surface area contributed by atoms with Crippen LogP contribution in [0.15, 0.2) is 57.5 Å². The lowest BCUT2D eigenvalue weighted by molar-refractivity contribution is 1.13. The number of para-hydroxylation sites is 1. The van der Waals surface area contributed by atoms with Crippen molar-refractivity contribution in [3.8, 4) is 0 Å². The van der Waals surface area contributed by atoms with Crippen LogP contribution in [-0.4, -0.2) is 11.2 Å². The Labute approximate surface area is 92.1 Å². The first kappa shape index (κ1) is 8.68. The van der Waals surface area contributed by atoms with Crippen LogP contribution in [0.5, 0.6) is 0 Å². The lowest BCUT2D eigenvalue weighted by atomic mass is 10.3. The number of hydrogen-bond donors (Lipinski definition) is 0. The molecule has 0 fully saturated rings. The predicted molar refractivity (Wildman–Crippen MR) is 62.1 cm³/mol. The average Bonchev–Trinajstić information content (AvgIpc) is 2.48. The fourth-order valence-electron chi connectivity index (χ4n) is 1.48. The molecule has 0 unspecified atom stereocenters. The van der Waals surface area contributed by atoms with Gasteiger partial charge in [-0.3, -0.25) is 4.99 Å². The lowest BCUT2D eigenvalue weighted by Gasteiger charge is -2.01. The molecule has 1 aliphatic rings. The van der Waals surface area contributed by atoms with Crippen molar-refractivity contribution in [1.29, 1.82) is 0 Å². The number of benzene rings is 1. The number of nitrogens with zero attached hydrogens (tertiary/aromatic N) is 2. The highest BCUT2D eigenvalue weighted by Crippen LogP contribution is 2.37. The molecule has 2 nitrogen and oxygen atoms in total. The van der Waals surface area contributed by atoms with Gasteiger partial charge in [-0.1, -0.05) is 23.9 Å². The van der Waals surface area contributed by atoms with Crippen LogP contribution in [0.3, 0.4) is 0 Å². The molecule has 2 aromatic rings. The Kier molecular flexibility index (Phi) is 2.03. The van der Waals surface area contributed by atoms with Gasteiger partial charge in [0.15, 0.2) is 0 Å². The van der Waals surface area contributed by atoms with Crippen molar-refractivity contribution in [3.05, 3.63) is 48.2 Å². The van der Waals surface area contributed by atoms with E-state index < -0.39 is 0 Å². The molecule has 0 amide bonds. The summed E-state index contributed by atoms with van der Waals surface area (Å²) >= 11 is 1.67. The summed E-state index contributed by atoms with van der Waals surface area (Å²) in [6, 6.07) is 12.1. The summed E-state index contributed by atoms with van der Waals surface area (Å²) in [5, 5.41) is 1.02. The van der Waals surface area contributed by atoms with Crippen molar-refractivity contribution in [1.82, 2.24) is 4.98 Å². The Hall–Kier alpha value is -1.61. The van der Waals surface area contributed by atoms with E-state index in [-0.39, 0.29) is 0 Å². The topological polar surface area (TPSA) is 25.2 Å². The second-order valence-electron chi connectivity index (χ2n) is 3.23. The second-order valence-corrected chi connectivity index (χ2v) is 4.26. The minimum atomic E-state index is 1.01. The highest BCUT2D eigenvalue weighted by atomic mass is 32.2. The fourth-order valence-corrected chi connectivity index (χ4v) is 2.41.